The van der Waals surface area contributed by atoms with E-state index in [1.165, 1.54) is 11.1 Å². The molecule has 1 aromatic heterocycles. The van der Waals surface area contributed by atoms with Crippen LogP contribution in [0.25, 0.3) is 5.69 Å². The zero-order valence-corrected chi connectivity index (χ0v) is 18.9. The number of para-hydroxylation sites is 1. The van der Waals surface area contributed by atoms with Gasteiger partial charge in [0.2, 0.25) is 0 Å². The molecule has 1 N–H and O–H groups in total. The molecule has 4 fully saturated rings. The number of ether oxygens (including phenoxy) is 1. The van der Waals surface area contributed by atoms with E-state index in [2.05, 4.69) is 5.32 Å². The van der Waals surface area contributed by atoms with Crippen molar-refractivity contribution in [2.75, 3.05) is 5.32 Å². The van der Waals surface area contributed by atoms with E-state index in [0.29, 0.717) is 23.2 Å². The monoisotopic (exact) mass is 437 g/mol. The number of nitrogens with zero attached hydrogens (tertiary/aromatic N) is 2. The second-order valence-electron chi connectivity index (χ2n) is 9.96. The van der Waals surface area contributed by atoms with Crippen molar-refractivity contribution in [3.05, 3.63) is 46.4 Å². The fourth-order valence-electron chi connectivity index (χ4n) is 6.55. The Kier molecular flexibility index (Phi) is 5.22. The summed E-state index contributed by atoms with van der Waals surface area (Å²) in [6, 6.07) is 9.26. The van der Waals surface area contributed by atoms with E-state index in [9.17, 15) is 14.4 Å². The average molecular weight is 438 g/mol. The van der Waals surface area contributed by atoms with E-state index in [4.69, 9.17) is 4.74 Å². The first-order valence-corrected chi connectivity index (χ1v) is 11.7. The van der Waals surface area contributed by atoms with Crippen LogP contribution in [0.5, 0.6) is 0 Å². The summed E-state index contributed by atoms with van der Waals surface area (Å²) < 4.78 is 8.86. The number of anilines is 1. The Morgan fingerprint density at radius 2 is 1.62 bits per heavy atom. The topological polar surface area (TPSA) is 82.3 Å². The standard InChI is InChI=1S/C25H31N3O4/c1-14-22(24(30)28(27(14)3)20-7-5-4-6-8-20)26-23(29)15(2)32-25(31)21-18-10-16-9-17(12-18)13-19(21)11-16/h4-8,15-19,21H,9-13H2,1-3H3,(H,26,29). The zero-order valence-electron chi connectivity index (χ0n) is 18.9. The lowest BCUT2D eigenvalue weighted by Gasteiger charge is -2.53. The molecule has 32 heavy (non-hydrogen) atoms. The van der Waals surface area contributed by atoms with Crippen LogP contribution in [0.2, 0.25) is 0 Å². The average Bonchev–Trinajstić information content (AvgIpc) is 2.96. The molecule has 0 radical (unpaired) electrons. The SMILES string of the molecule is Cc1c(NC(=O)C(C)OC(=O)C2C3CC4CC(C3)CC2C4)c(=O)n(-c2ccccc2)n1C. The van der Waals surface area contributed by atoms with Gasteiger partial charge in [-0.25, -0.2) is 4.68 Å². The number of carbonyl (C=O) groups is 2. The minimum absolute atomic E-state index is 0.0770. The van der Waals surface area contributed by atoms with Gasteiger partial charge in [0.1, 0.15) is 5.69 Å². The normalized spacial score (nSPS) is 29.0. The molecule has 1 aromatic carbocycles. The second kappa shape index (κ2) is 7.94. The van der Waals surface area contributed by atoms with Gasteiger partial charge in [0.25, 0.3) is 11.5 Å². The molecule has 0 aliphatic heterocycles. The molecule has 1 atom stereocenters. The lowest BCUT2D eigenvalue weighted by Crippen LogP contribution is -2.49. The summed E-state index contributed by atoms with van der Waals surface area (Å²) in [5, 5.41) is 2.71. The number of aromatic nitrogens is 2. The molecular weight excluding hydrogens is 406 g/mol. The third-order valence-electron chi connectivity index (χ3n) is 7.96. The molecule has 1 heterocycles. The molecule has 7 heteroatoms. The van der Waals surface area contributed by atoms with Gasteiger partial charge in [-0.15, -0.1) is 0 Å². The molecular formula is C25H31N3O4. The number of rotatable bonds is 5. The summed E-state index contributed by atoms with van der Waals surface area (Å²) in [5.74, 6) is 1.56. The van der Waals surface area contributed by atoms with Gasteiger partial charge in [0.05, 0.1) is 17.3 Å². The molecule has 7 nitrogen and oxygen atoms in total. The molecule has 0 spiro atoms. The van der Waals surface area contributed by atoms with Gasteiger partial charge in [-0.1, -0.05) is 18.2 Å². The highest BCUT2D eigenvalue weighted by molar-refractivity contribution is 5.95. The Labute approximate surface area is 187 Å². The fraction of sp³-hybridized carbons (Fsp3) is 0.560. The first-order valence-electron chi connectivity index (χ1n) is 11.7. The minimum atomic E-state index is -0.955. The van der Waals surface area contributed by atoms with Gasteiger partial charge in [-0.05, 0) is 81.8 Å². The van der Waals surface area contributed by atoms with Crippen molar-refractivity contribution in [2.24, 2.45) is 36.6 Å². The van der Waals surface area contributed by atoms with E-state index in [-0.39, 0.29) is 23.1 Å². The van der Waals surface area contributed by atoms with Crippen molar-refractivity contribution in [3.8, 4) is 5.69 Å². The molecule has 170 valence electrons. The largest absolute Gasteiger partial charge is 0.452 e. The number of hydrogen-bond donors (Lipinski definition) is 1. The number of nitrogens with one attached hydrogen (secondary N) is 1. The Balaban J connectivity index is 1.28. The van der Waals surface area contributed by atoms with Gasteiger partial charge in [0, 0.05) is 7.05 Å². The van der Waals surface area contributed by atoms with Crippen LogP contribution in [-0.4, -0.2) is 27.3 Å². The number of benzene rings is 1. The molecule has 1 amide bonds. The van der Waals surface area contributed by atoms with Crippen LogP contribution in [0.4, 0.5) is 5.69 Å². The van der Waals surface area contributed by atoms with E-state index in [0.717, 1.165) is 37.5 Å². The number of hydrogen-bond acceptors (Lipinski definition) is 4. The summed E-state index contributed by atoms with van der Waals surface area (Å²) in [6.07, 6.45) is 4.85. The maximum atomic E-state index is 13.0. The summed E-state index contributed by atoms with van der Waals surface area (Å²) in [7, 11) is 1.77. The Bertz CT molecular complexity index is 1070. The van der Waals surface area contributed by atoms with Gasteiger partial charge >= 0.3 is 5.97 Å². The molecule has 4 aliphatic rings. The van der Waals surface area contributed by atoms with Gasteiger partial charge < -0.3 is 10.1 Å². The smallest absolute Gasteiger partial charge is 0.310 e. The Morgan fingerprint density at radius 1 is 1.03 bits per heavy atom. The van der Waals surface area contributed by atoms with E-state index >= 15 is 0 Å². The summed E-state index contributed by atoms with van der Waals surface area (Å²) in [5.41, 5.74) is 1.24. The molecule has 6 rings (SSSR count). The van der Waals surface area contributed by atoms with E-state index < -0.39 is 12.0 Å². The van der Waals surface area contributed by atoms with Crippen molar-refractivity contribution < 1.29 is 14.3 Å². The number of carbonyl (C=O) groups excluding carboxylic acids is 2. The van der Waals surface area contributed by atoms with Crippen LogP contribution in [0.15, 0.2) is 35.1 Å². The lowest BCUT2D eigenvalue weighted by atomic mass is 9.52. The predicted molar refractivity (Wildman–Crippen MR) is 120 cm³/mol. The molecule has 0 saturated heterocycles. The Morgan fingerprint density at radius 3 is 2.22 bits per heavy atom. The van der Waals surface area contributed by atoms with Crippen LogP contribution >= 0.6 is 0 Å². The first-order chi connectivity index (χ1) is 15.3. The van der Waals surface area contributed by atoms with Crippen LogP contribution in [0.3, 0.4) is 0 Å². The number of esters is 1. The van der Waals surface area contributed by atoms with E-state index in [1.54, 1.807) is 25.6 Å². The molecule has 4 aliphatic carbocycles. The van der Waals surface area contributed by atoms with E-state index in [1.807, 2.05) is 30.3 Å². The third kappa shape index (κ3) is 3.48. The Hall–Kier alpha value is -2.83. The van der Waals surface area contributed by atoms with Gasteiger partial charge in [0.15, 0.2) is 6.10 Å². The quantitative estimate of drug-likeness (QED) is 0.727. The zero-order chi connectivity index (χ0) is 22.6. The van der Waals surface area contributed by atoms with Gasteiger partial charge in [-0.3, -0.25) is 19.1 Å². The van der Waals surface area contributed by atoms with Crippen LogP contribution in [0, 0.1) is 36.5 Å². The first kappa shape index (κ1) is 21.0. The molecule has 2 aromatic rings. The highest BCUT2D eigenvalue weighted by atomic mass is 16.5. The summed E-state index contributed by atoms with van der Waals surface area (Å²) >= 11 is 0. The number of amides is 1. The van der Waals surface area contributed by atoms with Crippen LogP contribution in [-0.2, 0) is 21.4 Å². The van der Waals surface area contributed by atoms with Crippen LogP contribution in [0.1, 0.15) is 44.7 Å². The maximum Gasteiger partial charge on any atom is 0.310 e. The third-order valence-corrected chi connectivity index (χ3v) is 7.96. The second-order valence-corrected chi connectivity index (χ2v) is 9.96. The van der Waals surface area contributed by atoms with Crippen molar-refractivity contribution in [1.29, 1.82) is 0 Å². The summed E-state index contributed by atoms with van der Waals surface area (Å²) in [6.45, 7) is 3.36. The minimum Gasteiger partial charge on any atom is -0.452 e. The van der Waals surface area contributed by atoms with Crippen LogP contribution < -0.4 is 10.9 Å². The highest BCUT2D eigenvalue weighted by Crippen LogP contribution is 2.56. The van der Waals surface area contributed by atoms with Crippen molar-refractivity contribution in [2.45, 2.75) is 52.1 Å². The molecule has 4 saturated carbocycles. The van der Waals surface area contributed by atoms with Gasteiger partial charge in [-0.2, -0.15) is 0 Å². The van der Waals surface area contributed by atoms with Crippen molar-refractivity contribution >= 4 is 17.6 Å². The highest BCUT2D eigenvalue weighted by Gasteiger charge is 2.51. The molecule has 4 bridgehead atoms. The maximum absolute atomic E-state index is 13.0. The molecule has 1 unspecified atom stereocenters. The van der Waals surface area contributed by atoms with Crippen molar-refractivity contribution in [3.63, 3.8) is 0 Å². The predicted octanol–water partition coefficient (Wildman–Crippen LogP) is 3.43. The van der Waals surface area contributed by atoms with Crippen molar-refractivity contribution in [1.82, 2.24) is 9.36 Å². The lowest BCUT2D eigenvalue weighted by molar-refractivity contribution is -0.169. The fourth-order valence-corrected chi connectivity index (χ4v) is 6.55. The summed E-state index contributed by atoms with van der Waals surface area (Å²) in [4.78, 5) is 38.9.